The lowest BCUT2D eigenvalue weighted by molar-refractivity contribution is 0.518. The lowest BCUT2D eigenvalue weighted by atomic mass is 9.87. The predicted molar refractivity (Wildman–Crippen MR) is 71.4 cm³/mol. The van der Waals surface area contributed by atoms with Crippen molar-refractivity contribution < 1.29 is 0 Å². The summed E-state index contributed by atoms with van der Waals surface area (Å²) in [5.74, 6) is 3.34. The lowest BCUT2D eigenvalue weighted by Crippen LogP contribution is -2.16. The van der Waals surface area contributed by atoms with Crippen LogP contribution in [0.15, 0.2) is 23.3 Å². The molecular formula is C14H22Si. The van der Waals surface area contributed by atoms with Crippen LogP contribution in [-0.2, 0) is 0 Å². The molecule has 1 rings (SSSR count). The zero-order valence-corrected chi connectivity index (χ0v) is 11.9. The van der Waals surface area contributed by atoms with Crippen LogP contribution in [0, 0.1) is 16.9 Å². The third kappa shape index (κ3) is 4.09. The van der Waals surface area contributed by atoms with Crippen molar-refractivity contribution in [1.82, 2.24) is 0 Å². The first-order valence-electron chi connectivity index (χ1n) is 5.63. The molecule has 0 spiro atoms. The van der Waals surface area contributed by atoms with Crippen LogP contribution in [-0.4, -0.2) is 8.07 Å². The maximum atomic E-state index is 3.42. The molecule has 0 aliphatic heterocycles. The van der Waals surface area contributed by atoms with Crippen molar-refractivity contribution in [2.24, 2.45) is 5.41 Å². The van der Waals surface area contributed by atoms with E-state index in [0.717, 1.165) is 6.42 Å². The van der Waals surface area contributed by atoms with Gasteiger partial charge in [-0.2, -0.15) is 0 Å². The molecule has 0 bridgehead atoms. The molecule has 0 unspecified atom stereocenters. The van der Waals surface area contributed by atoms with E-state index in [0.29, 0.717) is 0 Å². The van der Waals surface area contributed by atoms with Crippen molar-refractivity contribution in [1.29, 1.82) is 0 Å². The Morgan fingerprint density at radius 2 is 1.80 bits per heavy atom. The fraction of sp³-hybridized carbons (Fsp3) is 0.571. The molecule has 0 aromatic heterocycles. The zero-order valence-electron chi connectivity index (χ0n) is 10.9. The molecule has 1 aliphatic carbocycles. The Morgan fingerprint density at radius 1 is 1.20 bits per heavy atom. The second-order valence-corrected chi connectivity index (χ2v) is 11.0. The van der Waals surface area contributed by atoms with Gasteiger partial charge in [-0.3, -0.25) is 0 Å². The van der Waals surface area contributed by atoms with Gasteiger partial charge in [-0.15, -0.1) is 5.54 Å². The van der Waals surface area contributed by atoms with E-state index < -0.39 is 8.07 Å². The molecule has 0 N–H and O–H groups in total. The van der Waals surface area contributed by atoms with E-state index in [1.165, 1.54) is 11.1 Å². The smallest absolute Gasteiger partial charge is 0.127 e. The first-order chi connectivity index (χ1) is 6.68. The van der Waals surface area contributed by atoms with Gasteiger partial charge in [0.2, 0.25) is 0 Å². The molecule has 1 aliphatic rings. The number of rotatable bonds is 0. The summed E-state index contributed by atoms with van der Waals surface area (Å²) < 4.78 is 0. The Morgan fingerprint density at radius 3 is 2.20 bits per heavy atom. The number of allylic oxidation sites excluding steroid dienone is 4. The van der Waals surface area contributed by atoms with Crippen molar-refractivity contribution in [2.45, 2.75) is 46.8 Å². The monoisotopic (exact) mass is 218 g/mol. The average molecular weight is 218 g/mol. The Bertz CT molecular complexity index is 359. The summed E-state index contributed by atoms with van der Waals surface area (Å²) in [4.78, 5) is 0. The fourth-order valence-electron chi connectivity index (χ4n) is 1.40. The van der Waals surface area contributed by atoms with E-state index in [9.17, 15) is 0 Å². The van der Waals surface area contributed by atoms with Crippen molar-refractivity contribution >= 4 is 8.07 Å². The number of hydrogen-bond acceptors (Lipinski definition) is 0. The van der Waals surface area contributed by atoms with Crippen molar-refractivity contribution in [3.63, 3.8) is 0 Å². The van der Waals surface area contributed by atoms with E-state index in [1.54, 1.807) is 0 Å². The van der Waals surface area contributed by atoms with E-state index in [1.807, 2.05) is 0 Å². The molecule has 1 heteroatoms. The van der Waals surface area contributed by atoms with Gasteiger partial charge in [0.25, 0.3) is 0 Å². The van der Waals surface area contributed by atoms with E-state index in [-0.39, 0.29) is 5.41 Å². The first kappa shape index (κ1) is 12.3. The average Bonchev–Trinajstić information content (AvgIpc) is 2.45. The van der Waals surface area contributed by atoms with Crippen LogP contribution in [0.25, 0.3) is 0 Å². The van der Waals surface area contributed by atoms with Gasteiger partial charge in [-0.05, 0) is 23.5 Å². The molecule has 82 valence electrons. The zero-order chi connectivity index (χ0) is 11.7. The third-order valence-electron chi connectivity index (χ3n) is 2.34. The third-order valence-corrected chi connectivity index (χ3v) is 3.21. The standard InChI is InChI=1S/C14H22Si/c1-14(2,3)13-8-7-12(11-13)9-10-15(4,5)6/h8,11H,7H2,1-6H3. The van der Waals surface area contributed by atoms with Gasteiger partial charge in [0.15, 0.2) is 0 Å². The van der Waals surface area contributed by atoms with Crippen LogP contribution in [0.5, 0.6) is 0 Å². The topological polar surface area (TPSA) is 0 Å². The highest BCUT2D eigenvalue weighted by atomic mass is 28.3. The van der Waals surface area contributed by atoms with Crippen molar-refractivity contribution in [2.75, 3.05) is 0 Å². The molecule has 0 saturated carbocycles. The minimum atomic E-state index is -1.22. The Kier molecular flexibility index (Phi) is 3.30. The maximum Gasteiger partial charge on any atom is 0.129 e. The van der Waals surface area contributed by atoms with Gasteiger partial charge in [0.05, 0.1) is 0 Å². The molecule has 0 nitrogen and oxygen atoms in total. The summed E-state index contributed by atoms with van der Waals surface area (Å²) in [6, 6.07) is 0. The second-order valence-electron chi connectivity index (χ2n) is 6.28. The highest BCUT2D eigenvalue weighted by molar-refractivity contribution is 6.83. The van der Waals surface area contributed by atoms with Crippen LogP contribution < -0.4 is 0 Å². The molecule has 0 aromatic carbocycles. The van der Waals surface area contributed by atoms with Gasteiger partial charge < -0.3 is 0 Å². The van der Waals surface area contributed by atoms with Crippen LogP contribution in [0.1, 0.15) is 27.2 Å². The van der Waals surface area contributed by atoms with E-state index >= 15 is 0 Å². The normalized spacial score (nSPS) is 16.7. The SMILES string of the molecule is CC(C)(C)C1=CCC(C#C[Si](C)(C)C)=C1. The summed E-state index contributed by atoms with van der Waals surface area (Å²) in [6.07, 6.45) is 5.62. The summed E-state index contributed by atoms with van der Waals surface area (Å²) in [5.41, 5.74) is 6.42. The first-order valence-corrected chi connectivity index (χ1v) is 9.13. The second kappa shape index (κ2) is 4.02. The Hall–Kier alpha value is -0.743. The lowest BCUT2D eigenvalue weighted by Gasteiger charge is -2.18. The van der Waals surface area contributed by atoms with Crippen LogP contribution in [0.4, 0.5) is 0 Å². The summed E-state index contributed by atoms with van der Waals surface area (Å²) in [7, 11) is -1.22. The van der Waals surface area contributed by atoms with Gasteiger partial charge in [0, 0.05) is 5.57 Å². The highest BCUT2D eigenvalue weighted by Gasteiger charge is 2.18. The molecule has 0 atom stereocenters. The van der Waals surface area contributed by atoms with E-state index in [4.69, 9.17) is 0 Å². The van der Waals surface area contributed by atoms with Gasteiger partial charge in [0.1, 0.15) is 8.07 Å². The Labute approximate surface area is 95.5 Å². The molecular weight excluding hydrogens is 196 g/mol. The Balaban J connectivity index is 2.76. The quantitative estimate of drug-likeness (QED) is 0.423. The highest BCUT2D eigenvalue weighted by Crippen LogP contribution is 2.32. The summed E-state index contributed by atoms with van der Waals surface area (Å²) in [6.45, 7) is 13.6. The van der Waals surface area contributed by atoms with Crippen LogP contribution in [0.3, 0.4) is 0 Å². The molecule has 15 heavy (non-hydrogen) atoms. The minimum absolute atomic E-state index is 0.266. The molecule has 0 fully saturated rings. The van der Waals surface area contributed by atoms with E-state index in [2.05, 4.69) is 64.0 Å². The predicted octanol–water partition coefficient (Wildman–Crippen LogP) is 4.17. The summed E-state index contributed by atoms with van der Waals surface area (Å²) in [5, 5.41) is 0. The van der Waals surface area contributed by atoms with Crippen molar-refractivity contribution in [3.05, 3.63) is 23.3 Å². The number of hydrogen-bond donors (Lipinski definition) is 0. The minimum Gasteiger partial charge on any atom is -0.127 e. The fourth-order valence-corrected chi connectivity index (χ4v) is 1.94. The van der Waals surface area contributed by atoms with Gasteiger partial charge in [-0.25, -0.2) is 0 Å². The molecule has 0 heterocycles. The largest absolute Gasteiger partial charge is 0.129 e. The maximum absolute atomic E-state index is 3.42. The summed E-state index contributed by atoms with van der Waals surface area (Å²) >= 11 is 0. The molecule has 0 aromatic rings. The van der Waals surface area contributed by atoms with Gasteiger partial charge in [-0.1, -0.05) is 52.4 Å². The molecule has 0 saturated heterocycles. The van der Waals surface area contributed by atoms with Crippen molar-refractivity contribution in [3.8, 4) is 11.5 Å². The molecule has 0 radical (unpaired) electrons. The van der Waals surface area contributed by atoms with Crippen LogP contribution in [0.2, 0.25) is 19.6 Å². The van der Waals surface area contributed by atoms with Crippen LogP contribution >= 0.6 is 0 Å². The van der Waals surface area contributed by atoms with Gasteiger partial charge >= 0.3 is 0 Å². The molecule has 0 amide bonds.